The van der Waals surface area contributed by atoms with Crippen molar-refractivity contribution in [1.82, 2.24) is 19.2 Å². The smallest absolute Gasteiger partial charge is 0.279 e. The molecule has 0 aliphatic heterocycles. The van der Waals surface area contributed by atoms with Gasteiger partial charge in [-0.3, -0.25) is 13.8 Å². The Morgan fingerprint density at radius 3 is 2.67 bits per heavy atom. The second-order valence-corrected chi connectivity index (χ2v) is 7.81. The fourth-order valence-corrected chi connectivity index (χ4v) is 4.01. The summed E-state index contributed by atoms with van der Waals surface area (Å²) in [6.07, 6.45) is 3.50. The Hall–Kier alpha value is -2.28. The zero-order valence-corrected chi connectivity index (χ0v) is 16.6. The van der Waals surface area contributed by atoms with Crippen LogP contribution < -0.4 is 5.56 Å². The molecule has 136 valence electrons. The van der Waals surface area contributed by atoms with E-state index in [1.165, 1.54) is 16.3 Å². The lowest BCUT2D eigenvalue weighted by Gasteiger charge is -2.10. The highest BCUT2D eigenvalue weighted by molar-refractivity contribution is 7.98. The summed E-state index contributed by atoms with van der Waals surface area (Å²) < 4.78 is 3.24. The fraction of sp³-hybridized carbons (Fsp3) is 0.105. The number of hydrogen-bond donors (Lipinski definition) is 0. The molecule has 2 aromatic carbocycles. The number of nitrogens with zero attached hydrogens (tertiary/aromatic N) is 4. The van der Waals surface area contributed by atoms with Crippen LogP contribution in [0.25, 0.3) is 11.3 Å². The minimum atomic E-state index is -0.245. The second-order valence-electron chi connectivity index (χ2n) is 6.00. The van der Waals surface area contributed by atoms with Gasteiger partial charge in [-0.25, -0.2) is 0 Å². The van der Waals surface area contributed by atoms with E-state index in [0.717, 1.165) is 16.8 Å². The SMILES string of the molecule is Cc1ccc(Cl)cc1-n1ccn2c(SCc3cccc(Cl)c3)nnc2c1=O. The van der Waals surface area contributed by atoms with E-state index >= 15 is 0 Å². The van der Waals surface area contributed by atoms with Crippen LogP contribution in [0.3, 0.4) is 0 Å². The fourth-order valence-electron chi connectivity index (χ4n) is 2.77. The van der Waals surface area contributed by atoms with Gasteiger partial charge in [0.15, 0.2) is 5.16 Å². The average Bonchev–Trinajstić information content (AvgIpc) is 3.07. The van der Waals surface area contributed by atoms with Crippen LogP contribution in [0.5, 0.6) is 0 Å². The zero-order chi connectivity index (χ0) is 19.0. The first kappa shape index (κ1) is 18.1. The maximum absolute atomic E-state index is 12.9. The summed E-state index contributed by atoms with van der Waals surface area (Å²) in [5.74, 6) is 0.678. The van der Waals surface area contributed by atoms with Crippen LogP contribution in [0, 0.1) is 6.92 Å². The van der Waals surface area contributed by atoms with Crippen molar-refractivity contribution in [2.45, 2.75) is 17.8 Å². The van der Waals surface area contributed by atoms with Gasteiger partial charge in [-0.2, -0.15) is 0 Å². The number of aryl methyl sites for hydroxylation is 1. The third-order valence-corrected chi connectivity index (χ3v) is 5.61. The molecular formula is C19H14Cl2N4OS. The minimum absolute atomic E-state index is 0.245. The maximum atomic E-state index is 12.9. The molecule has 0 aliphatic rings. The summed E-state index contributed by atoms with van der Waals surface area (Å²) in [4.78, 5) is 12.9. The molecule has 0 N–H and O–H groups in total. The number of thioether (sulfide) groups is 1. The highest BCUT2D eigenvalue weighted by Gasteiger charge is 2.13. The summed E-state index contributed by atoms with van der Waals surface area (Å²) in [7, 11) is 0. The molecule has 0 atom stereocenters. The Labute approximate surface area is 169 Å². The van der Waals surface area contributed by atoms with Gasteiger partial charge < -0.3 is 0 Å². The minimum Gasteiger partial charge on any atom is -0.279 e. The van der Waals surface area contributed by atoms with E-state index in [1.807, 2.05) is 37.3 Å². The molecular weight excluding hydrogens is 403 g/mol. The Kier molecular flexibility index (Phi) is 4.95. The lowest BCUT2D eigenvalue weighted by molar-refractivity contribution is 0.890. The lowest BCUT2D eigenvalue weighted by atomic mass is 10.2. The molecule has 0 fully saturated rings. The Morgan fingerprint density at radius 1 is 1.04 bits per heavy atom. The summed E-state index contributed by atoms with van der Waals surface area (Å²) in [6, 6.07) is 13.1. The molecule has 0 saturated carbocycles. The first-order valence-electron chi connectivity index (χ1n) is 8.13. The van der Waals surface area contributed by atoms with Gasteiger partial charge in [0.05, 0.1) is 5.69 Å². The standard InChI is InChI=1S/C19H14Cl2N4OS/c1-12-5-6-15(21)10-16(12)24-7-8-25-17(18(24)26)22-23-19(25)27-11-13-3-2-4-14(20)9-13/h2-10H,11H2,1H3. The van der Waals surface area contributed by atoms with Gasteiger partial charge in [0, 0.05) is 28.2 Å². The van der Waals surface area contributed by atoms with E-state index < -0.39 is 0 Å². The summed E-state index contributed by atoms with van der Waals surface area (Å²) in [5.41, 5.74) is 2.77. The molecule has 4 aromatic rings. The van der Waals surface area contributed by atoms with Crippen LogP contribution in [-0.2, 0) is 5.75 Å². The molecule has 2 aromatic heterocycles. The van der Waals surface area contributed by atoms with E-state index in [1.54, 1.807) is 28.9 Å². The second kappa shape index (κ2) is 7.38. The molecule has 0 bridgehead atoms. The van der Waals surface area contributed by atoms with Crippen molar-refractivity contribution < 1.29 is 0 Å². The van der Waals surface area contributed by atoms with Crippen molar-refractivity contribution in [3.05, 3.63) is 86.4 Å². The van der Waals surface area contributed by atoms with E-state index in [9.17, 15) is 4.79 Å². The molecule has 0 amide bonds. The molecule has 2 heterocycles. The first-order chi connectivity index (χ1) is 13.0. The van der Waals surface area contributed by atoms with Gasteiger partial charge in [0.25, 0.3) is 0 Å². The van der Waals surface area contributed by atoms with Crippen molar-refractivity contribution in [3.8, 4) is 5.69 Å². The van der Waals surface area contributed by atoms with Crippen LogP contribution in [0.1, 0.15) is 11.1 Å². The highest BCUT2D eigenvalue weighted by atomic mass is 35.5. The van der Waals surface area contributed by atoms with E-state index in [-0.39, 0.29) is 11.2 Å². The van der Waals surface area contributed by atoms with Crippen molar-refractivity contribution >= 4 is 40.6 Å². The van der Waals surface area contributed by atoms with Gasteiger partial charge in [-0.1, -0.05) is 53.2 Å². The third kappa shape index (κ3) is 3.60. The Morgan fingerprint density at radius 2 is 1.85 bits per heavy atom. The van der Waals surface area contributed by atoms with Crippen LogP contribution >= 0.6 is 35.0 Å². The summed E-state index contributed by atoms with van der Waals surface area (Å²) in [6.45, 7) is 1.93. The Balaban J connectivity index is 1.69. The largest absolute Gasteiger partial charge is 0.300 e. The summed E-state index contributed by atoms with van der Waals surface area (Å²) >= 11 is 13.6. The number of aromatic nitrogens is 4. The van der Waals surface area contributed by atoms with E-state index in [0.29, 0.717) is 21.0 Å². The van der Waals surface area contributed by atoms with E-state index in [4.69, 9.17) is 23.2 Å². The van der Waals surface area contributed by atoms with Crippen LogP contribution in [0.4, 0.5) is 0 Å². The van der Waals surface area contributed by atoms with Crippen molar-refractivity contribution in [1.29, 1.82) is 0 Å². The number of halogens is 2. The predicted molar refractivity (Wildman–Crippen MR) is 109 cm³/mol. The molecule has 5 nitrogen and oxygen atoms in total. The zero-order valence-electron chi connectivity index (χ0n) is 14.3. The highest BCUT2D eigenvalue weighted by Crippen LogP contribution is 2.23. The number of hydrogen-bond acceptors (Lipinski definition) is 4. The van der Waals surface area contributed by atoms with Crippen molar-refractivity contribution in [3.63, 3.8) is 0 Å². The molecule has 4 rings (SSSR count). The van der Waals surface area contributed by atoms with Crippen LogP contribution in [0.15, 0.2) is 64.8 Å². The van der Waals surface area contributed by atoms with Crippen LogP contribution in [-0.4, -0.2) is 19.2 Å². The van der Waals surface area contributed by atoms with Gasteiger partial charge in [-0.05, 0) is 42.3 Å². The Bertz CT molecular complexity index is 1200. The molecule has 0 aliphatic carbocycles. The molecule has 0 unspecified atom stereocenters. The van der Waals surface area contributed by atoms with Gasteiger partial charge >= 0.3 is 5.56 Å². The van der Waals surface area contributed by atoms with Gasteiger partial charge in [0.1, 0.15) is 0 Å². The summed E-state index contributed by atoms with van der Waals surface area (Å²) in [5, 5.41) is 10.2. The number of fused-ring (bicyclic) bond motifs is 1. The number of rotatable bonds is 4. The molecule has 0 saturated heterocycles. The van der Waals surface area contributed by atoms with Crippen molar-refractivity contribution in [2.75, 3.05) is 0 Å². The topological polar surface area (TPSA) is 52.2 Å². The molecule has 8 heteroatoms. The molecule has 0 radical (unpaired) electrons. The maximum Gasteiger partial charge on any atom is 0.300 e. The predicted octanol–water partition coefficient (Wildman–Crippen LogP) is 4.79. The third-order valence-electron chi connectivity index (χ3n) is 4.13. The van der Waals surface area contributed by atoms with Gasteiger partial charge in [-0.15, -0.1) is 10.2 Å². The van der Waals surface area contributed by atoms with Crippen molar-refractivity contribution in [2.24, 2.45) is 0 Å². The van der Waals surface area contributed by atoms with E-state index in [2.05, 4.69) is 10.2 Å². The first-order valence-corrected chi connectivity index (χ1v) is 9.87. The monoisotopic (exact) mass is 416 g/mol. The molecule has 27 heavy (non-hydrogen) atoms. The lowest BCUT2D eigenvalue weighted by Crippen LogP contribution is -2.21. The van der Waals surface area contributed by atoms with Crippen LogP contribution in [0.2, 0.25) is 10.0 Å². The quantitative estimate of drug-likeness (QED) is 0.448. The van der Waals surface area contributed by atoms with Gasteiger partial charge in [0.2, 0.25) is 5.65 Å². The average molecular weight is 417 g/mol. The normalized spacial score (nSPS) is 11.2. The number of benzene rings is 2. The molecule has 0 spiro atoms.